The number of thiazole rings is 1. The predicted molar refractivity (Wildman–Crippen MR) is 98.6 cm³/mol. The van der Waals surface area contributed by atoms with Crippen LogP contribution in [0.2, 0.25) is 0 Å². The highest BCUT2D eigenvalue weighted by atomic mass is 32.1. The first-order chi connectivity index (χ1) is 12.7. The molecule has 8 heteroatoms. The summed E-state index contributed by atoms with van der Waals surface area (Å²) in [6.07, 6.45) is 2.37. The fraction of sp³-hybridized carbons (Fsp3) is 0.333. The Balaban J connectivity index is 1.61. The standard InChI is InChI=1S/C18H19N5O2S/c1-2-12-14(26-18(19)20-12)17(24)23-10-6-9-13(23)16-21-15(22-25-16)11-7-4-3-5-8-11/h3-5,7-8,13H,2,6,9-10H2,1H3,(H2,19,20)/t13-/m1/s1. The molecule has 0 radical (unpaired) electrons. The van der Waals surface area contributed by atoms with Crippen LogP contribution < -0.4 is 5.73 Å². The molecule has 134 valence electrons. The van der Waals surface area contributed by atoms with E-state index in [-0.39, 0.29) is 11.9 Å². The summed E-state index contributed by atoms with van der Waals surface area (Å²) in [4.78, 5) is 24.3. The fourth-order valence-corrected chi connectivity index (χ4v) is 4.13. The first kappa shape index (κ1) is 16.7. The number of hydrogen-bond acceptors (Lipinski definition) is 7. The van der Waals surface area contributed by atoms with Crippen LogP contribution in [0.3, 0.4) is 0 Å². The number of hydrogen-bond donors (Lipinski definition) is 1. The van der Waals surface area contributed by atoms with E-state index in [2.05, 4.69) is 15.1 Å². The van der Waals surface area contributed by atoms with Gasteiger partial charge in [0.05, 0.1) is 5.69 Å². The van der Waals surface area contributed by atoms with Gasteiger partial charge in [-0.3, -0.25) is 4.79 Å². The number of amides is 1. The molecule has 1 fully saturated rings. The van der Waals surface area contributed by atoms with Gasteiger partial charge in [-0.25, -0.2) is 4.98 Å². The Kier molecular flexibility index (Phi) is 4.42. The minimum absolute atomic E-state index is 0.0574. The molecule has 7 nitrogen and oxygen atoms in total. The van der Waals surface area contributed by atoms with Crippen LogP contribution in [0.1, 0.15) is 47.1 Å². The maximum atomic E-state index is 13.1. The number of carbonyl (C=O) groups excluding carboxylic acids is 1. The van der Waals surface area contributed by atoms with E-state index >= 15 is 0 Å². The van der Waals surface area contributed by atoms with Crippen molar-refractivity contribution >= 4 is 22.4 Å². The van der Waals surface area contributed by atoms with Gasteiger partial charge in [-0.15, -0.1) is 0 Å². The van der Waals surface area contributed by atoms with Crippen LogP contribution in [0, 0.1) is 0 Å². The van der Waals surface area contributed by atoms with E-state index < -0.39 is 0 Å². The minimum atomic E-state index is -0.208. The van der Waals surface area contributed by atoms with E-state index in [1.165, 1.54) is 11.3 Å². The number of rotatable bonds is 4. The number of nitrogens with zero attached hydrogens (tertiary/aromatic N) is 4. The Morgan fingerprint density at radius 2 is 2.15 bits per heavy atom. The molecule has 1 saturated heterocycles. The molecule has 3 heterocycles. The monoisotopic (exact) mass is 369 g/mol. The highest BCUT2D eigenvalue weighted by Crippen LogP contribution is 2.35. The van der Waals surface area contributed by atoms with Gasteiger partial charge >= 0.3 is 0 Å². The van der Waals surface area contributed by atoms with Gasteiger partial charge in [0, 0.05) is 12.1 Å². The van der Waals surface area contributed by atoms with Gasteiger partial charge in [0.1, 0.15) is 10.9 Å². The van der Waals surface area contributed by atoms with Gasteiger partial charge in [0.2, 0.25) is 11.7 Å². The van der Waals surface area contributed by atoms with Gasteiger partial charge in [0.15, 0.2) is 5.13 Å². The molecule has 2 aromatic heterocycles. The van der Waals surface area contributed by atoms with E-state index in [0.717, 1.165) is 24.1 Å². The molecule has 26 heavy (non-hydrogen) atoms. The average Bonchev–Trinajstić information content (AvgIpc) is 3.40. The second-order valence-electron chi connectivity index (χ2n) is 6.16. The summed E-state index contributed by atoms with van der Waals surface area (Å²) in [6.45, 7) is 2.63. The number of nitrogens with two attached hydrogens (primary N) is 1. The number of anilines is 1. The van der Waals surface area contributed by atoms with Crippen LogP contribution in [-0.2, 0) is 6.42 Å². The lowest BCUT2D eigenvalue weighted by Gasteiger charge is -2.21. The van der Waals surface area contributed by atoms with Crippen molar-refractivity contribution in [2.24, 2.45) is 0 Å². The van der Waals surface area contributed by atoms with Crippen LogP contribution in [0.25, 0.3) is 11.4 Å². The maximum Gasteiger partial charge on any atom is 0.266 e. The maximum absolute atomic E-state index is 13.1. The van der Waals surface area contributed by atoms with Gasteiger partial charge in [-0.2, -0.15) is 4.98 Å². The summed E-state index contributed by atoms with van der Waals surface area (Å²) in [6, 6.07) is 9.45. The van der Waals surface area contributed by atoms with Crippen molar-refractivity contribution in [2.45, 2.75) is 32.2 Å². The summed E-state index contributed by atoms with van der Waals surface area (Å²) in [5.41, 5.74) is 7.44. The lowest BCUT2D eigenvalue weighted by molar-refractivity contribution is 0.0713. The molecule has 1 atom stereocenters. The largest absolute Gasteiger partial charge is 0.375 e. The van der Waals surface area contributed by atoms with Crippen molar-refractivity contribution in [3.8, 4) is 11.4 Å². The Hall–Kier alpha value is -2.74. The average molecular weight is 369 g/mol. The SMILES string of the molecule is CCc1nc(N)sc1C(=O)N1CCC[C@@H]1c1nc(-c2ccccc2)no1. The number of carbonyl (C=O) groups is 1. The van der Waals surface area contributed by atoms with Crippen LogP contribution in [-0.4, -0.2) is 32.5 Å². The first-order valence-electron chi connectivity index (χ1n) is 8.62. The number of aromatic nitrogens is 3. The molecular formula is C18H19N5O2S. The topological polar surface area (TPSA) is 98.1 Å². The van der Waals surface area contributed by atoms with Crippen molar-refractivity contribution in [1.82, 2.24) is 20.0 Å². The molecule has 0 unspecified atom stereocenters. The summed E-state index contributed by atoms with van der Waals surface area (Å²) in [5.74, 6) is 0.958. The van der Waals surface area contributed by atoms with Crippen molar-refractivity contribution in [3.05, 3.63) is 46.8 Å². The van der Waals surface area contributed by atoms with Crippen molar-refractivity contribution < 1.29 is 9.32 Å². The van der Waals surface area contributed by atoms with E-state index in [1.54, 1.807) is 4.90 Å². The zero-order valence-electron chi connectivity index (χ0n) is 14.4. The summed E-state index contributed by atoms with van der Waals surface area (Å²) in [5, 5.41) is 4.50. The number of benzene rings is 1. The molecule has 0 saturated carbocycles. The zero-order chi connectivity index (χ0) is 18.1. The van der Waals surface area contributed by atoms with Crippen molar-refractivity contribution in [1.29, 1.82) is 0 Å². The fourth-order valence-electron chi connectivity index (χ4n) is 3.25. The van der Waals surface area contributed by atoms with Gasteiger partial charge in [0.25, 0.3) is 5.91 Å². The van der Waals surface area contributed by atoms with Crippen molar-refractivity contribution in [2.75, 3.05) is 12.3 Å². The quantitative estimate of drug-likeness (QED) is 0.757. The van der Waals surface area contributed by atoms with Crippen molar-refractivity contribution in [3.63, 3.8) is 0 Å². The van der Waals surface area contributed by atoms with E-state index in [0.29, 0.717) is 34.7 Å². The van der Waals surface area contributed by atoms with Gasteiger partial charge in [-0.05, 0) is 19.3 Å². The Morgan fingerprint density at radius 1 is 1.35 bits per heavy atom. The molecule has 4 rings (SSSR count). The van der Waals surface area contributed by atoms with E-state index in [4.69, 9.17) is 10.3 Å². The van der Waals surface area contributed by atoms with Crippen LogP contribution >= 0.6 is 11.3 Å². The van der Waals surface area contributed by atoms with Crippen LogP contribution in [0.4, 0.5) is 5.13 Å². The third-order valence-electron chi connectivity index (χ3n) is 4.52. The zero-order valence-corrected chi connectivity index (χ0v) is 15.2. The molecule has 1 amide bonds. The highest BCUT2D eigenvalue weighted by molar-refractivity contribution is 7.17. The number of likely N-dealkylation sites (tertiary alicyclic amines) is 1. The second kappa shape index (κ2) is 6.87. The smallest absolute Gasteiger partial charge is 0.266 e. The Morgan fingerprint density at radius 3 is 2.92 bits per heavy atom. The molecule has 0 bridgehead atoms. The first-order valence-corrected chi connectivity index (χ1v) is 9.44. The lowest BCUT2D eigenvalue weighted by atomic mass is 10.2. The number of aryl methyl sites for hydroxylation is 1. The van der Waals surface area contributed by atoms with Crippen LogP contribution in [0.5, 0.6) is 0 Å². The normalized spacial score (nSPS) is 17.0. The molecule has 0 aliphatic carbocycles. The summed E-state index contributed by atoms with van der Waals surface area (Å²) >= 11 is 1.24. The van der Waals surface area contributed by atoms with Crippen LogP contribution in [0.15, 0.2) is 34.9 Å². The highest BCUT2D eigenvalue weighted by Gasteiger charge is 2.36. The molecule has 1 aromatic carbocycles. The van der Waals surface area contributed by atoms with Gasteiger partial charge < -0.3 is 15.2 Å². The number of nitrogen functional groups attached to an aromatic ring is 1. The van der Waals surface area contributed by atoms with E-state index in [9.17, 15) is 4.79 Å². The summed E-state index contributed by atoms with van der Waals surface area (Å²) < 4.78 is 5.49. The molecule has 1 aliphatic heterocycles. The third-order valence-corrected chi connectivity index (χ3v) is 5.43. The second-order valence-corrected chi connectivity index (χ2v) is 7.19. The molecule has 2 N–H and O–H groups in total. The lowest BCUT2D eigenvalue weighted by Crippen LogP contribution is -2.30. The minimum Gasteiger partial charge on any atom is -0.375 e. The van der Waals surface area contributed by atoms with E-state index in [1.807, 2.05) is 37.3 Å². The molecule has 3 aromatic rings. The summed E-state index contributed by atoms with van der Waals surface area (Å²) in [7, 11) is 0. The Bertz CT molecular complexity index is 921. The molecule has 0 spiro atoms. The predicted octanol–water partition coefficient (Wildman–Crippen LogP) is 3.32. The molecule has 1 aliphatic rings. The third kappa shape index (κ3) is 2.96. The molecular weight excluding hydrogens is 350 g/mol. The van der Waals surface area contributed by atoms with Gasteiger partial charge in [-0.1, -0.05) is 53.7 Å². The Labute approximate surface area is 154 Å².